The molecule has 0 bridgehead atoms. The second-order valence-electron chi connectivity index (χ2n) is 3.65. The lowest BCUT2D eigenvalue weighted by molar-refractivity contribution is -0.727. The van der Waals surface area contributed by atoms with Gasteiger partial charge in [0.15, 0.2) is 0 Å². The number of rotatable bonds is 2. The predicted molar refractivity (Wildman–Crippen MR) is 43.9 cm³/mol. The average molecular weight is 178 g/mol. The molecule has 1 nitrogen and oxygen atoms in total. The fourth-order valence-corrected chi connectivity index (χ4v) is 1.97. The van der Waals surface area contributed by atoms with Crippen LogP contribution in [0.4, 0.5) is 0 Å². The zero-order chi connectivity index (χ0) is 7.40. The Labute approximate surface area is 76.4 Å². The lowest BCUT2D eigenvalue weighted by Crippen LogP contribution is -3.00. The highest BCUT2D eigenvalue weighted by atomic mass is 35.5. The Kier molecular flexibility index (Phi) is 5.98. The number of hydrogen-bond donors (Lipinski definition) is 1. The number of piperidine rings is 1. The van der Waals surface area contributed by atoms with Gasteiger partial charge in [-0.05, 0) is 32.6 Å². The van der Waals surface area contributed by atoms with Crippen molar-refractivity contribution < 1.29 is 17.7 Å². The fraction of sp³-hybridized carbons (Fsp3) is 1.00. The smallest absolute Gasteiger partial charge is 0.0861 e. The van der Waals surface area contributed by atoms with Crippen molar-refractivity contribution in [1.29, 1.82) is 0 Å². The Bertz CT molecular complexity index is 93.6. The molecule has 1 fully saturated rings. The lowest BCUT2D eigenvalue weighted by atomic mass is 9.97. The highest BCUT2D eigenvalue weighted by Crippen LogP contribution is 2.09. The SMILES string of the molecule is CCC[C@H]1CCC[C@@H](C)[NH2+]1.[Cl-]. The van der Waals surface area contributed by atoms with E-state index in [1.807, 2.05) is 0 Å². The maximum absolute atomic E-state index is 2.56. The van der Waals surface area contributed by atoms with E-state index in [1.54, 1.807) is 0 Å². The topological polar surface area (TPSA) is 16.6 Å². The summed E-state index contributed by atoms with van der Waals surface area (Å²) >= 11 is 0. The van der Waals surface area contributed by atoms with Crippen molar-refractivity contribution in [3.05, 3.63) is 0 Å². The Morgan fingerprint density at radius 3 is 2.64 bits per heavy atom. The first kappa shape index (κ1) is 11.2. The molecule has 0 unspecified atom stereocenters. The van der Waals surface area contributed by atoms with Gasteiger partial charge in [0.25, 0.3) is 0 Å². The molecule has 1 aliphatic heterocycles. The van der Waals surface area contributed by atoms with Crippen LogP contribution in [0.1, 0.15) is 46.0 Å². The van der Waals surface area contributed by atoms with Gasteiger partial charge in [-0.15, -0.1) is 0 Å². The van der Waals surface area contributed by atoms with E-state index in [0.29, 0.717) is 0 Å². The Morgan fingerprint density at radius 2 is 2.09 bits per heavy atom. The minimum absolute atomic E-state index is 0. The molecule has 11 heavy (non-hydrogen) atoms. The zero-order valence-electron chi connectivity index (χ0n) is 7.65. The summed E-state index contributed by atoms with van der Waals surface area (Å²) in [5.41, 5.74) is 0. The second kappa shape index (κ2) is 5.84. The molecular weight excluding hydrogens is 158 g/mol. The van der Waals surface area contributed by atoms with Crippen molar-refractivity contribution in [3.63, 3.8) is 0 Å². The Hall–Kier alpha value is 0.250. The Balaban J connectivity index is 0.000001000. The molecule has 1 rings (SSSR count). The van der Waals surface area contributed by atoms with Crippen LogP contribution < -0.4 is 17.7 Å². The fourth-order valence-electron chi connectivity index (χ4n) is 1.97. The van der Waals surface area contributed by atoms with Crippen LogP contribution in [0.3, 0.4) is 0 Å². The monoisotopic (exact) mass is 177 g/mol. The molecule has 0 spiro atoms. The molecular formula is C9H20ClN. The van der Waals surface area contributed by atoms with E-state index in [9.17, 15) is 0 Å². The highest BCUT2D eigenvalue weighted by Gasteiger charge is 2.19. The van der Waals surface area contributed by atoms with Crippen molar-refractivity contribution in [1.82, 2.24) is 0 Å². The molecule has 0 aromatic carbocycles. The number of hydrogen-bond acceptors (Lipinski definition) is 0. The number of halogens is 1. The lowest BCUT2D eigenvalue weighted by Gasteiger charge is -2.24. The van der Waals surface area contributed by atoms with Crippen LogP contribution in [0, 0.1) is 0 Å². The predicted octanol–water partition coefficient (Wildman–Crippen LogP) is -1.71. The van der Waals surface area contributed by atoms with Crippen molar-refractivity contribution >= 4 is 0 Å². The molecule has 1 heterocycles. The van der Waals surface area contributed by atoms with Crippen LogP contribution in [0.25, 0.3) is 0 Å². The average Bonchev–Trinajstić information content (AvgIpc) is 1.88. The molecule has 0 saturated carbocycles. The van der Waals surface area contributed by atoms with Crippen LogP contribution >= 0.6 is 0 Å². The summed E-state index contributed by atoms with van der Waals surface area (Å²) in [5, 5.41) is 2.56. The van der Waals surface area contributed by atoms with Crippen molar-refractivity contribution in [2.24, 2.45) is 0 Å². The normalized spacial score (nSPS) is 31.1. The summed E-state index contributed by atoms with van der Waals surface area (Å²) in [6.07, 6.45) is 7.12. The summed E-state index contributed by atoms with van der Waals surface area (Å²) in [7, 11) is 0. The summed E-state index contributed by atoms with van der Waals surface area (Å²) in [4.78, 5) is 0. The third-order valence-electron chi connectivity index (χ3n) is 2.49. The first-order valence-corrected chi connectivity index (χ1v) is 4.68. The van der Waals surface area contributed by atoms with Gasteiger partial charge in [0, 0.05) is 0 Å². The van der Waals surface area contributed by atoms with Gasteiger partial charge >= 0.3 is 0 Å². The first-order chi connectivity index (χ1) is 4.83. The summed E-state index contributed by atoms with van der Waals surface area (Å²) < 4.78 is 0. The molecule has 2 N–H and O–H groups in total. The van der Waals surface area contributed by atoms with E-state index in [1.165, 1.54) is 32.1 Å². The van der Waals surface area contributed by atoms with Gasteiger partial charge in [-0.2, -0.15) is 0 Å². The van der Waals surface area contributed by atoms with Gasteiger partial charge in [-0.3, -0.25) is 0 Å². The van der Waals surface area contributed by atoms with Gasteiger partial charge in [-0.1, -0.05) is 13.3 Å². The Morgan fingerprint density at radius 1 is 1.36 bits per heavy atom. The number of quaternary nitrogens is 1. The molecule has 0 aliphatic carbocycles. The van der Waals surface area contributed by atoms with Crippen LogP contribution in [0.2, 0.25) is 0 Å². The van der Waals surface area contributed by atoms with E-state index >= 15 is 0 Å². The van der Waals surface area contributed by atoms with E-state index in [4.69, 9.17) is 0 Å². The highest BCUT2D eigenvalue weighted by molar-refractivity contribution is 4.62. The van der Waals surface area contributed by atoms with Crippen LogP contribution in [-0.4, -0.2) is 12.1 Å². The van der Waals surface area contributed by atoms with Crippen LogP contribution in [0.5, 0.6) is 0 Å². The van der Waals surface area contributed by atoms with Crippen LogP contribution in [0.15, 0.2) is 0 Å². The molecule has 2 atom stereocenters. The number of nitrogens with two attached hydrogens (primary N) is 1. The van der Waals surface area contributed by atoms with Crippen molar-refractivity contribution in [2.45, 2.75) is 58.0 Å². The van der Waals surface area contributed by atoms with E-state index in [2.05, 4.69) is 19.2 Å². The maximum atomic E-state index is 2.56. The van der Waals surface area contributed by atoms with Gasteiger partial charge in [0.05, 0.1) is 12.1 Å². The third kappa shape index (κ3) is 3.97. The summed E-state index contributed by atoms with van der Waals surface area (Å²) in [5.74, 6) is 0. The van der Waals surface area contributed by atoms with E-state index in [0.717, 1.165) is 12.1 Å². The van der Waals surface area contributed by atoms with Crippen LogP contribution in [-0.2, 0) is 0 Å². The molecule has 1 aliphatic rings. The molecule has 0 radical (unpaired) electrons. The van der Waals surface area contributed by atoms with Gasteiger partial charge in [0.2, 0.25) is 0 Å². The van der Waals surface area contributed by atoms with Crippen molar-refractivity contribution in [2.75, 3.05) is 0 Å². The third-order valence-corrected chi connectivity index (χ3v) is 2.49. The van der Waals surface area contributed by atoms with E-state index < -0.39 is 0 Å². The minimum Gasteiger partial charge on any atom is -1.00 e. The minimum atomic E-state index is 0. The summed E-state index contributed by atoms with van der Waals surface area (Å²) in [6, 6.07) is 1.85. The van der Waals surface area contributed by atoms with E-state index in [-0.39, 0.29) is 12.4 Å². The van der Waals surface area contributed by atoms with Gasteiger partial charge in [0.1, 0.15) is 0 Å². The zero-order valence-corrected chi connectivity index (χ0v) is 8.40. The van der Waals surface area contributed by atoms with Crippen molar-refractivity contribution in [3.8, 4) is 0 Å². The second-order valence-corrected chi connectivity index (χ2v) is 3.65. The molecule has 0 aromatic heterocycles. The maximum Gasteiger partial charge on any atom is 0.0861 e. The molecule has 0 amide bonds. The standard InChI is InChI=1S/C9H19N.ClH/c1-3-5-9-7-4-6-8(2)10-9;/h8-10H,3-7H2,1-2H3;1H/t8-,9+;/m1./s1. The quantitative estimate of drug-likeness (QED) is 0.518. The molecule has 1 saturated heterocycles. The molecule has 68 valence electrons. The largest absolute Gasteiger partial charge is 1.00 e. The van der Waals surface area contributed by atoms with Gasteiger partial charge < -0.3 is 17.7 Å². The van der Waals surface area contributed by atoms with Gasteiger partial charge in [-0.25, -0.2) is 0 Å². The molecule has 0 aromatic rings. The first-order valence-electron chi connectivity index (χ1n) is 4.68. The summed E-state index contributed by atoms with van der Waals surface area (Å²) in [6.45, 7) is 4.63. The molecule has 2 heteroatoms.